The highest BCUT2D eigenvalue weighted by atomic mass is 32.1. The maximum atomic E-state index is 4.66. The lowest BCUT2D eigenvalue weighted by Gasteiger charge is -1.95. The molecule has 92 valence electrons. The van der Waals surface area contributed by atoms with Crippen molar-refractivity contribution in [3.63, 3.8) is 0 Å². The van der Waals surface area contributed by atoms with E-state index in [-0.39, 0.29) is 0 Å². The van der Waals surface area contributed by atoms with Crippen LogP contribution in [0.5, 0.6) is 0 Å². The maximum absolute atomic E-state index is 4.66. The second-order valence-corrected chi connectivity index (χ2v) is 5.96. The van der Waals surface area contributed by atoms with Crippen molar-refractivity contribution in [1.82, 2.24) is 9.97 Å². The summed E-state index contributed by atoms with van der Waals surface area (Å²) in [5.74, 6) is 0. The predicted octanol–water partition coefficient (Wildman–Crippen LogP) is 4.70. The van der Waals surface area contributed by atoms with Crippen LogP contribution in [0.4, 0.5) is 0 Å². The Hall–Kier alpha value is -0.740. The Kier molecular flexibility index (Phi) is 4.68. The Bertz CT molecular complexity index is 459. The van der Waals surface area contributed by atoms with Crippen molar-refractivity contribution in [2.24, 2.45) is 0 Å². The molecule has 0 atom stereocenters. The van der Waals surface area contributed by atoms with Gasteiger partial charge in [0.15, 0.2) is 10.0 Å². The molecule has 0 aromatic carbocycles. The van der Waals surface area contributed by atoms with Gasteiger partial charge in [-0.25, -0.2) is 9.97 Å². The molecule has 17 heavy (non-hydrogen) atoms. The van der Waals surface area contributed by atoms with E-state index in [1.165, 1.54) is 31.4 Å². The van der Waals surface area contributed by atoms with Gasteiger partial charge in [-0.1, -0.05) is 26.2 Å². The van der Waals surface area contributed by atoms with Gasteiger partial charge in [-0.3, -0.25) is 0 Å². The fourth-order valence-electron chi connectivity index (χ4n) is 1.71. The summed E-state index contributed by atoms with van der Waals surface area (Å²) in [4.78, 5) is 9.13. The summed E-state index contributed by atoms with van der Waals surface area (Å²) in [6.45, 7) is 4.27. The van der Waals surface area contributed by atoms with Crippen LogP contribution >= 0.6 is 22.7 Å². The topological polar surface area (TPSA) is 25.8 Å². The molecule has 0 N–H and O–H groups in total. The van der Waals surface area contributed by atoms with Gasteiger partial charge < -0.3 is 0 Å². The molecule has 0 saturated heterocycles. The second kappa shape index (κ2) is 6.26. The minimum Gasteiger partial charge on any atom is -0.239 e. The summed E-state index contributed by atoms with van der Waals surface area (Å²) in [7, 11) is 0. The SMILES string of the molecule is CCCCCCc1csc(-c2nc(C)cs2)n1. The summed E-state index contributed by atoms with van der Waals surface area (Å²) >= 11 is 3.40. The van der Waals surface area contributed by atoms with Gasteiger partial charge in [-0.15, -0.1) is 22.7 Å². The highest BCUT2D eigenvalue weighted by molar-refractivity contribution is 7.19. The molecule has 2 heterocycles. The van der Waals surface area contributed by atoms with Crippen LogP contribution in [0.2, 0.25) is 0 Å². The van der Waals surface area contributed by atoms with E-state index in [4.69, 9.17) is 0 Å². The lowest BCUT2D eigenvalue weighted by Crippen LogP contribution is -1.86. The van der Waals surface area contributed by atoms with Gasteiger partial charge in [-0.2, -0.15) is 0 Å². The predicted molar refractivity (Wildman–Crippen MR) is 75.8 cm³/mol. The number of unbranched alkanes of at least 4 members (excludes halogenated alkanes) is 3. The zero-order chi connectivity index (χ0) is 12.1. The van der Waals surface area contributed by atoms with E-state index in [2.05, 4.69) is 27.7 Å². The van der Waals surface area contributed by atoms with E-state index in [1.54, 1.807) is 22.7 Å². The molecule has 2 nitrogen and oxygen atoms in total. The van der Waals surface area contributed by atoms with E-state index < -0.39 is 0 Å². The molecule has 0 fully saturated rings. The molecule has 0 bridgehead atoms. The zero-order valence-corrected chi connectivity index (χ0v) is 12.0. The number of thiazole rings is 2. The van der Waals surface area contributed by atoms with E-state index in [0.717, 1.165) is 22.1 Å². The van der Waals surface area contributed by atoms with Crippen molar-refractivity contribution >= 4 is 22.7 Å². The average molecular weight is 266 g/mol. The van der Waals surface area contributed by atoms with Crippen LogP contribution in [0.15, 0.2) is 10.8 Å². The van der Waals surface area contributed by atoms with Gasteiger partial charge in [0.25, 0.3) is 0 Å². The van der Waals surface area contributed by atoms with Gasteiger partial charge >= 0.3 is 0 Å². The van der Waals surface area contributed by atoms with Gasteiger partial charge in [0.2, 0.25) is 0 Å². The minimum absolute atomic E-state index is 1.06. The van der Waals surface area contributed by atoms with Gasteiger partial charge in [0.1, 0.15) is 0 Å². The van der Waals surface area contributed by atoms with Crippen molar-refractivity contribution in [1.29, 1.82) is 0 Å². The molecule has 2 aromatic heterocycles. The van der Waals surface area contributed by atoms with Crippen LogP contribution in [-0.2, 0) is 6.42 Å². The van der Waals surface area contributed by atoms with Crippen LogP contribution in [0.1, 0.15) is 44.0 Å². The summed E-state index contributed by atoms with van der Waals surface area (Å²) in [6, 6.07) is 0. The molecule has 0 saturated carbocycles. The quantitative estimate of drug-likeness (QED) is 0.708. The van der Waals surface area contributed by atoms with E-state index in [9.17, 15) is 0 Å². The minimum atomic E-state index is 1.06. The monoisotopic (exact) mass is 266 g/mol. The standard InChI is InChI=1S/C13H18N2S2/c1-3-4-5-6-7-11-9-17-13(15-11)12-14-10(2)8-16-12/h8-9H,3-7H2,1-2H3. The smallest absolute Gasteiger partial charge is 0.152 e. The summed E-state index contributed by atoms with van der Waals surface area (Å²) in [5, 5.41) is 6.40. The molecule has 0 radical (unpaired) electrons. The Labute approximate surface area is 111 Å². The third-order valence-corrected chi connectivity index (χ3v) is 4.63. The van der Waals surface area contributed by atoms with Crippen LogP contribution in [0.25, 0.3) is 10.0 Å². The summed E-state index contributed by atoms with van der Waals surface area (Å²) in [6.07, 6.45) is 6.32. The Morgan fingerprint density at radius 3 is 2.47 bits per heavy atom. The molecule has 2 aromatic rings. The number of rotatable bonds is 6. The van der Waals surface area contributed by atoms with E-state index in [1.807, 2.05) is 6.92 Å². The molecule has 2 rings (SSSR count). The first-order valence-corrected chi connectivity index (χ1v) is 7.92. The van der Waals surface area contributed by atoms with Crippen molar-refractivity contribution < 1.29 is 0 Å². The third kappa shape index (κ3) is 3.61. The summed E-state index contributed by atoms with van der Waals surface area (Å²) < 4.78 is 0. The molecule has 0 aliphatic heterocycles. The molecule has 0 spiro atoms. The Morgan fingerprint density at radius 1 is 1.00 bits per heavy atom. The number of nitrogens with zero attached hydrogens (tertiary/aromatic N) is 2. The molecular formula is C13H18N2S2. The Balaban J connectivity index is 1.92. The van der Waals surface area contributed by atoms with Crippen molar-refractivity contribution in [2.75, 3.05) is 0 Å². The lowest BCUT2D eigenvalue weighted by molar-refractivity contribution is 0.662. The van der Waals surface area contributed by atoms with Gasteiger partial charge in [-0.05, 0) is 19.8 Å². The number of hydrogen-bond donors (Lipinski definition) is 0. The van der Waals surface area contributed by atoms with Crippen LogP contribution in [0, 0.1) is 6.92 Å². The first kappa shape index (κ1) is 12.7. The molecule has 4 heteroatoms. The van der Waals surface area contributed by atoms with Crippen molar-refractivity contribution in [3.05, 3.63) is 22.1 Å². The first-order chi connectivity index (χ1) is 8.29. The van der Waals surface area contributed by atoms with Crippen molar-refractivity contribution in [2.45, 2.75) is 46.0 Å². The maximum Gasteiger partial charge on any atom is 0.152 e. The second-order valence-electron chi connectivity index (χ2n) is 4.25. The van der Waals surface area contributed by atoms with Gasteiger partial charge in [0, 0.05) is 16.5 Å². The number of hydrogen-bond acceptors (Lipinski definition) is 4. The van der Waals surface area contributed by atoms with Crippen LogP contribution < -0.4 is 0 Å². The van der Waals surface area contributed by atoms with Crippen LogP contribution in [0.3, 0.4) is 0 Å². The van der Waals surface area contributed by atoms with Crippen molar-refractivity contribution in [3.8, 4) is 10.0 Å². The molecule has 0 aliphatic rings. The fourth-order valence-corrected chi connectivity index (χ4v) is 3.41. The first-order valence-electron chi connectivity index (χ1n) is 6.16. The number of aryl methyl sites for hydroxylation is 2. The fraction of sp³-hybridized carbons (Fsp3) is 0.538. The molecular weight excluding hydrogens is 248 g/mol. The molecule has 0 amide bonds. The van der Waals surface area contributed by atoms with Crippen LogP contribution in [-0.4, -0.2) is 9.97 Å². The molecule has 0 unspecified atom stereocenters. The number of aromatic nitrogens is 2. The third-order valence-electron chi connectivity index (χ3n) is 2.64. The molecule has 0 aliphatic carbocycles. The van der Waals surface area contributed by atoms with E-state index in [0.29, 0.717) is 0 Å². The zero-order valence-electron chi connectivity index (χ0n) is 10.4. The lowest BCUT2D eigenvalue weighted by atomic mass is 10.1. The van der Waals surface area contributed by atoms with Gasteiger partial charge in [0.05, 0.1) is 5.69 Å². The normalized spacial score (nSPS) is 10.9. The average Bonchev–Trinajstić information content (AvgIpc) is 2.93. The van der Waals surface area contributed by atoms with E-state index >= 15 is 0 Å². The summed E-state index contributed by atoms with van der Waals surface area (Å²) in [5.41, 5.74) is 2.32. The largest absolute Gasteiger partial charge is 0.239 e. The highest BCUT2D eigenvalue weighted by Gasteiger charge is 2.07. The Morgan fingerprint density at radius 2 is 1.76 bits per heavy atom. The highest BCUT2D eigenvalue weighted by Crippen LogP contribution is 2.27.